The minimum atomic E-state index is -2.44. The molecular formula is C14H25F2N. The first-order valence-electron chi connectivity index (χ1n) is 7.10. The SMILES string of the molecule is CC(C)[C@H]1CCC[C@@H](N2CCCC(F)(F)C2)C1. The topological polar surface area (TPSA) is 3.24 Å². The maximum Gasteiger partial charge on any atom is 0.260 e. The van der Waals surface area contributed by atoms with Crippen LogP contribution in [0, 0.1) is 11.8 Å². The fourth-order valence-corrected chi connectivity index (χ4v) is 3.45. The number of hydrogen-bond acceptors (Lipinski definition) is 1. The van der Waals surface area contributed by atoms with E-state index in [9.17, 15) is 8.78 Å². The van der Waals surface area contributed by atoms with Gasteiger partial charge in [-0.3, -0.25) is 4.90 Å². The zero-order valence-electron chi connectivity index (χ0n) is 11.1. The lowest BCUT2D eigenvalue weighted by Crippen LogP contribution is -2.49. The molecule has 0 aromatic rings. The number of piperidine rings is 1. The van der Waals surface area contributed by atoms with Crippen LogP contribution in [0.5, 0.6) is 0 Å². The van der Waals surface area contributed by atoms with Gasteiger partial charge in [0, 0.05) is 12.5 Å². The van der Waals surface area contributed by atoms with Gasteiger partial charge in [0.1, 0.15) is 0 Å². The van der Waals surface area contributed by atoms with E-state index in [-0.39, 0.29) is 13.0 Å². The molecule has 0 N–H and O–H groups in total. The van der Waals surface area contributed by atoms with Crippen LogP contribution in [0.1, 0.15) is 52.4 Å². The van der Waals surface area contributed by atoms with Crippen molar-refractivity contribution in [2.45, 2.75) is 64.3 Å². The Morgan fingerprint density at radius 1 is 1.18 bits per heavy atom. The van der Waals surface area contributed by atoms with E-state index >= 15 is 0 Å². The molecule has 0 aromatic carbocycles. The van der Waals surface area contributed by atoms with Crippen LogP contribution >= 0.6 is 0 Å². The minimum absolute atomic E-state index is 0.00246. The van der Waals surface area contributed by atoms with Gasteiger partial charge in [0.15, 0.2) is 0 Å². The van der Waals surface area contributed by atoms with Gasteiger partial charge in [-0.25, -0.2) is 8.78 Å². The maximum absolute atomic E-state index is 13.4. The lowest BCUT2D eigenvalue weighted by molar-refractivity contribution is -0.0813. The second kappa shape index (κ2) is 5.21. The van der Waals surface area contributed by atoms with Crippen molar-refractivity contribution in [3.8, 4) is 0 Å². The predicted octanol–water partition coefficient (Wildman–Crippen LogP) is 3.93. The predicted molar refractivity (Wildman–Crippen MR) is 66.3 cm³/mol. The van der Waals surface area contributed by atoms with E-state index in [1.165, 1.54) is 12.8 Å². The van der Waals surface area contributed by atoms with Crippen molar-refractivity contribution in [1.82, 2.24) is 4.90 Å². The van der Waals surface area contributed by atoms with Crippen molar-refractivity contribution in [1.29, 1.82) is 0 Å². The summed E-state index contributed by atoms with van der Waals surface area (Å²) in [5.41, 5.74) is 0. The Hall–Kier alpha value is -0.180. The molecule has 2 atom stereocenters. The summed E-state index contributed by atoms with van der Waals surface area (Å²) in [7, 11) is 0. The van der Waals surface area contributed by atoms with Crippen molar-refractivity contribution < 1.29 is 8.78 Å². The summed E-state index contributed by atoms with van der Waals surface area (Å²) in [6, 6.07) is 0.419. The second-order valence-corrected chi connectivity index (χ2v) is 6.25. The average molecular weight is 245 g/mol. The van der Waals surface area contributed by atoms with Crippen LogP contribution in [-0.2, 0) is 0 Å². The van der Waals surface area contributed by atoms with Gasteiger partial charge in [-0.05, 0) is 37.6 Å². The van der Waals surface area contributed by atoms with E-state index in [2.05, 4.69) is 18.7 Å². The zero-order valence-corrected chi connectivity index (χ0v) is 11.1. The molecule has 100 valence electrons. The Morgan fingerprint density at radius 3 is 2.59 bits per heavy atom. The molecule has 3 heteroatoms. The van der Waals surface area contributed by atoms with Crippen LogP contribution in [0.2, 0.25) is 0 Å². The minimum Gasteiger partial charge on any atom is -0.294 e. The molecular weight excluding hydrogens is 220 g/mol. The van der Waals surface area contributed by atoms with Gasteiger partial charge in [0.2, 0.25) is 0 Å². The zero-order chi connectivity index (χ0) is 12.5. The van der Waals surface area contributed by atoms with Gasteiger partial charge >= 0.3 is 0 Å². The first-order chi connectivity index (χ1) is 7.98. The highest BCUT2D eigenvalue weighted by atomic mass is 19.3. The fraction of sp³-hybridized carbons (Fsp3) is 1.00. The van der Waals surface area contributed by atoms with E-state index in [0.29, 0.717) is 18.4 Å². The summed E-state index contributed by atoms with van der Waals surface area (Å²) >= 11 is 0. The molecule has 2 rings (SSSR count). The Morgan fingerprint density at radius 2 is 1.94 bits per heavy atom. The molecule has 2 aliphatic rings. The quantitative estimate of drug-likeness (QED) is 0.712. The number of hydrogen-bond donors (Lipinski definition) is 0. The molecule has 0 spiro atoms. The summed E-state index contributed by atoms with van der Waals surface area (Å²) < 4.78 is 26.8. The van der Waals surface area contributed by atoms with Gasteiger partial charge in [-0.2, -0.15) is 0 Å². The van der Waals surface area contributed by atoms with Crippen molar-refractivity contribution in [3.05, 3.63) is 0 Å². The lowest BCUT2D eigenvalue weighted by Gasteiger charge is -2.42. The van der Waals surface area contributed by atoms with Gasteiger partial charge in [-0.1, -0.05) is 26.7 Å². The number of likely N-dealkylation sites (tertiary alicyclic amines) is 1. The Labute approximate surface area is 104 Å². The first-order valence-corrected chi connectivity index (χ1v) is 7.10. The second-order valence-electron chi connectivity index (χ2n) is 6.25. The summed E-state index contributed by atoms with van der Waals surface area (Å²) in [5.74, 6) is -1.00. The van der Waals surface area contributed by atoms with Crippen LogP contribution in [0.4, 0.5) is 8.78 Å². The normalized spacial score (nSPS) is 35.1. The van der Waals surface area contributed by atoms with Crippen molar-refractivity contribution in [2.75, 3.05) is 13.1 Å². The highest BCUT2D eigenvalue weighted by Crippen LogP contribution is 2.36. The number of alkyl halides is 2. The van der Waals surface area contributed by atoms with Crippen LogP contribution in [0.15, 0.2) is 0 Å². The lowest BCUT2D eigenvalue weighted by atomic mass is 9.78. The third-order valence-corrected chi connectivity index (χ3v) is 4.57. The molecule has 0 unspecified atom stereocenters. The average Bonchev–Trinajstić information content (AvgIpc) is 2.28. The van der Waals surface area contributed by atoms with E-state index in [1.807, 2.05) is 0 Å². The molecule has 17 heavy (non-hydrogen) atoms. The fourth-order valence-electron chi connectivity index (χ4n) is 3.45. The van der Waals surface area contributed by atoms with Gasteiger partial charge in [0.05, 0.1) is 6.54 Å². The molecule has 0 radical (unpaired) electrons. The number of nitrogens with zero attached hydrogens (tertiary/aromatic N) is 1. The smallest absolute Gasteiger partial charge is 0.260 e. The molecule has 0 aromatic heterocycles. The molecule has 0 bridgehead atoms. The molecule has 1 aliphatic carbocycles. The largest absolute Gasteiger partial charge is 0.294 e. The van der Waals surface area contributed by atoms with Crippen molar-refractivity contribution in [2.24, 2.45) is 11.8 Å². The van der Waals surface area contributed by atoms with Gasteiger partial charge < -0.3 is 0 Å². The van der Waals surface area contributed by atoms with Gasteiger partial charge in [-0.15, -0.1) is 0 Å². The molecule has 1 aliphatic heterocycles. The first kappa shape index (κ1) is 13.3. The van der Waals surface area contributed by atoms with Crippen molar-refractivity contribution >= 4 is 0 Å². The number of halogens is 2. The standard InChI is InChI=1S/C14H25F2N/c1-11(2)12-5-3-6-13(9-12)17-8-4-7-14(15,16)10-17/h11-13H,3-10H2,1-2H3/t12-,13+/m0/s1. The molecule has 1 heterocycles. The van der Waals surface area contributed by atoms with Gasteiger partial charge in [0.25, 0.3) is 5.92 Å². The van der Waals surface area contributed by atoms with Crippen LogP contribution in [-0.4, -0.2) is 30.0 Å². The molecule has 1 saturated heterocycles. The Bertz CT molecular complexity index is 253. The van der Waals surface area contributed by atoms with Crippen LogP contribution < -0.4 is 0 Å². The highest BCUT2D eigenvalue weighted by molar-refractivity contribution is 4.87. The molecule has 2 fully saturated rings. The van der Waals surface area contributed by atoms with E-state index in [0.717, 1.165) is 25.3 Å². The Kier molecular flexibility index (Phi) is 4.06. The third kappa shape index (κ3) is 3.40. The summed E-state index contributed by atoms with van der Waals surface area (Å²) in [6.07, 6.45) is 5.51. The van der Waals surface area contributed by atoms with E-state index in [1.54, 1.807) is 0 Å². The molecule has 1 saturated carbocycles. The summed E-state index contributed by atoms with van der Waals surface area (Å²) in [5, 5.41) is 0. The number of rotatable bonds is 2. The Balaban J connectivity index is 1.92. The van der Waals surface area contributed by atoms with E-state index in [4.69, 9.17) is 0 Å². The van der Waals surface area contributed by atoms with E-state index < -0.39 is 5.92 Å². The molecule has 0 amide bonds. The maximum atomic E-state index is 13.4. The third-order valence-electron chi connectivity index (χ3n) is 4.57. The molecule has 1 nitrogen and oxygen atoms in total. The highest BCUT2D eigenvalue weighted by Gasteiger charge is 2.39. The summed E-state index contributed by atoms with van der Waals surface area (Å²) in [6.45, 7) is 5.41. The monoisotopic (exact) mass is 245 g/mol. The van der Waals surface area contributed by atoms with Crippen LogP contribution in [0.25, 0.3) is 0 Å². The van der Waals surface area contributed by atoms with Crippen molar-refractivity contribution in [3.63, 3.8) is 0 Å². The van der Waals surface area contributed by atoms with Crippen LogP contribution in [0.3, 0.4) is 0 Å². The summed E-state index contributed by atoms with van der Waals surface area (Å²) in [4.78, 5) is 2.07.